The van der Waals surface area contributed by atoms with Crippen LogP contribution in [0.2, 0.25) is 0 Å². The summed E-state index contributed by atoms with van der Waals surface area (Å²) in [6, 6.07) is 22.9. The van der Waals surface area contributed by atoms with Gasteiger partial charge in [0.1, 0.15) is 5.75 Å². The number of hydrogen-bond acceptors (Lipinski definition) is 3. The first-order valence-corrected chi connectivity index (χ1v) is 9.42. The van der Waals surface area contributed by atoms with Crippen molar-refractivity contribution in [2.45, 2.75) is 4.90 Å². The number of rotatable bonds is 4. The molecule has 0 heterocycles. The van der Waals surface area contributed by atoms with Crippen molar-refractivity contribution in [1.82, 2.24) is 0 Å². The average Bonchev–Trinajstić information content (AvgIpc) is 2.61. The van der Waals surface area contributed by atoms with Gasteiger partial charge in [0.05, 0.1) is 12.0 Å². The van der Waals surface area contributed by atoms with E-state index in [4.69, 9.17) is 4.74 Å². The number of benzene rings is 3. The second kappa shape index (κ2) is 6.49. The van der Waals surface area contributed by atoms with Crippen LogP contribution in [0.25, 0.3) is 22.3 Å². The smallest absolute Gasteiger partial charge is 0.175 e. The Bertz CT molecular complexity index is 958. The summed E-state index contributed by atoms with van der Waals surface area (Å²) in [5.41, 5.74) is 4.15. The maximum Gasteiger partial charge on any atom is 0.175 e. The fraction of sp³-hybridized carbons (Fsp3) is 0.100. The lowest BCUT2D eigenvalue weighted by atomic mass is 9.94. The molecule has 0 spiro atoms. The van der Waals surface area contributed by atoms with Gasteiger partial charge in [-0.05, 0) is 46.5 Å². The minimum absolute atomic E-state index is 0.324. The molecule has 3 nitrogen and oxygen atoms in total. The van der Waals surface area contributed by atoms with Crippen molar-refractivity contribution in [3.63, 3.8) is 0 Å². The van der Waals surface area contributed by atoms with Gasteiger partial charge < -0.3 is 4.74 Å². The minimum Gasteiger partial charge on any atom is -0.497 e. The van der Waals surface area contributed by atoms with Gasteiger partial charge in [0.15, 0.2) is 9.84 Å². The summed E-state index contributed by atoms with van der Waals surface area (Å²) in [5, 5.41) is 0. The van der Waals surface area contributed by atoms with Gasteiger partial charge in [0.25, 0.3) is 0 Å². The molecule has 0 aromatic heterocycles. The van der Waals surface area contributed by atoms with Crippen LogP contribution < -0.4 is 4.74 Å². The standard InChI is InChI=1S/C20H18O3S/c1-23-17-7-5-6-16(14-17)20-9-4-3-8-19(20)15-10-12-18(13-11-15)24(2,21)22/h3-14H,1-2H3. The molecular formula is C20H18O3S. The molecule has 0 saturated carbocycles. The van der Waals surface area contributed by atoms with Crippen LogP contribution in [0.1, 0.15) is 0 Å². The first-order chi connectivity index (χ1) is 11.5. The Morgan fingerprint density at radius 2 is 1.38 bits per heavy atom. The second-order valence-corrected chi connectivity index (χ2v) is 7.59. The Morgan fingerprint density at radius 1 is 0.750 bits per heavy atom. The summed E-state index contributed by atoms with van der Waals surface area (Å²) in [5.74, 6) is 0.801. The fourth-order valence-corrected chi connectivity index (χ4v) is 3.29. The van der Waals surface area contributed by atoms with Crippen molar-refractivity contribution in [1.29, 1.82) is 0 Å². The van der Waals surface area contributed by atoms with Crippen LogP contribution in [0.15, 0.2) is 77.7 Å². The minimum atomic E-state index is -3.19. The summed E-state index contributed by atoms with van der Waals surface area (Å²) in [7, 11) is -1.54. The van der Waals surface area contributed by atoms with Crippen LogP contribution in [0.3, 0.4) is 0 Å². The number of ether oxygens (including phenoxy) is 1. The predicted octanol–water partition coefficient (Wildman–Crippen LogP) is 4.43. The van der Waals surface area contributed by atoms with Crippen molar-refractivity contribution in [2.75, 3.05) is 13.4 Å². The first kappa shape index (κ1) is 16.3. The molecule has 4 heteroatoms. The molecule has 0 fully saturated rings. The van der Waals surface area contributed by atoms with Crippen molar-refractivity contribution >= 4 is 9.84 Å². The van der Waals surface area contributed by atoms with E-state index >= 15 is 0 Å². The number of hydrogen-bond donors (Lipinski definition) is 0. The van der Waals surface area contributed by atoms with Gasteiger partial charge in [-0.25, -0.2) is 8.42 Å². The third kappa shape index (κ3) is 3.34. The highest BCUT2D eigenvalue weighted by Gasteiger charge is 2.10. The second-order valence-electron chi connectivity index (χ2n) is 5.57. The maximum absolute atomic E-state index is 11.6. The third-order valence-corrected chi connectivity index (χ3v) is 5.03. The molecule has 0 unspecified atom stereocenters. The highest BCUT2D eigenvalue weighted by Crippen LogP contribution is 2.33. The molecule has 3 rings (SSSR count). The van der Waals surface area contributed by atoms with Crippen LogP contribution in [0.5, 0.6) is 5.75 Å². The van der Waals surface area contributed by atoms with Crippen LogP contribution in [0, 0.1) is 0 Å². The van der Waals surface area contributed by atoms with E-state index in [1.807, 2.05) is 54.6 Å². The average molecular weight is 338 g/mol. The van der Waals surface area contributed by atoms with E-state index < -0.39 is 9.84 Å². The molecule has 0 saturated heterocycles. The van der Waals surface area contributed by atoms with E-state index in [0.717, 1.165) is 28.0 Å². The predicted molar refractivity (Wildman–Crippen MR) is 97.0 cm³/mol. The normalized spacial score (nSPS) is 11.2. The SMILES string of the molecule is COc1cccc(-c2ccccc2-c2ccc(S(C)(=O)=O)cc2)c1. The summed E-state index contributed by atoms with van der Waals surface area (Å²) < 4.78 is 28.6. The zero-order valence-electron chi connectivity index (χ0n) is 13.6. The zero-order valence-corrected chi connectivity index (χ0v) is 14.4. The third-order valence-electron chi connectivity index (χ3n) is 3.90. The molecule has 0 amide bonds. The van der Waals surface area contributed by atoms with E-state index in [9.17, 15) is 8.42 Å². The highest BCUT2D eigenvalue weighted by atomic mass is 32.2. The summed E-state index contributed by atoms with van der Waals surface area (Å²) in [4.78, 5) is 0.324. The van der Waals surface area contributed by atoms with E-state index in [2.05, 4.69) is 6.07 Å². The van der Waals surface area contributed by atoms with E-state index in [0.29, 0.717) is 4.90 Å². The molecule has 0 bridgehead atoms. The van der Waals surface area contributed by atoms with Gasteiger partial charge in [-0.3, -0.25) is 0 Å². The Balaban J connectivity index is 2.09. The van der Waals surface area contributed by atoms with Crippen LogP contribution >= 0.6 is 0 Å². The Morgan fingerprint density at radius 3 is 1.96 bits per heavy atom. The van der Waals surface area contributed by atoms with Gasteiger partial charge in [-0.2, -0.15) is 0 Å². The van der Waals surface area contributed by atoms with Gasteiger partial charge >= 0.3 is 0 Å². The topological polar surface area (TPSA) is 43.4 Å². The van der Waals surface area contributed by atoms with Crippen molar-refractivity contribution in [3.05, 3.63) is 72.8 Å². The van der Waals surface area contributed by atoms with Crippen LogP contribution in [0.4, 0.5) is 0 Å². The maximum atomic E-state index is 11.6. The number of methoxy groups -OCH3 is 1. The van der Waals surface area contributed by atoms with Crippen molar-refractivity contribution < 1.29 is 13.2 Å². The van der Waals surface area contributed by atoms with Crippen LogP contribution in [-0.4, -0.2) is 21.8 Å². The lowest BCUT2D eigenvalue weighted by molar-refractivity contribution is 0.415. The van der Waals surface area contributed by atoms with Crippen molar-refractivity contribution in [3.8, 4) is 28.0 Å². The van der Waals surface area contributed by atoms with Crippen LogP contribution in [-0.2, 0) is 9.84 Å². The van der Waals surface area contributed by atoms with Gasteiger partial charge in [-0.15, -0.1) is 0 Å². The van der Waals surface area contributed by atoms with Gasteiger partial charge in [-0.1, -0.05) is 48.5 Å². The lowest BCUT2D eigenvalue weighted by Crippen LogP contribution is -1.96. The fourth-order valence-electron chi connectivity index (χ4n) is 2.66. The first-order valence-electron chi connectivity index (χ1n) is 7.53. The van der Waals surface area contributed by atoms with E-state index in [1.54, 1.807) is 19.2 Å². The largest absolute Gasteiger partial charge is 0.497 e. The molecule has 3 aromatic carbocycles. The molecule has 0 aliphatic heterocycles. The molecule has 24 heavy (non-hydrogen) atoms. The molecule has 0 atom stereocenters. The Hall–Kier alpha value is -2.59. The summed E-state index contributed by atoms with van der Waals surface area (Å²) in [6.07, 6.45) is 1.21. The quantitative estimate of drug-likeness (QED) is 0.707. The lowest BCUT2D eigenvalue weighted by Gasteiger charge is -2.11. The van der Waals surface area contributed by atoms with Gasteiger partial charge in [0, 0.05) is 6.26 Å². The molecule has 0 aliphatic carbocycles. The molecule has 3 aromatic rings. The van der Waals surface area contributed by atoms with E-state index in [1.165, 1.54) is 6.26 Å². The molecular weight excluding hydrogens is 320 g/mol. The van der Waals surface area contributed by atoms with Crippen molar-refractivity contribution in [2.24, 2.45) is 0 Å². The highest BCUT2D eigenvalue weighted by molar-refractivity contribution is 7.90. The number of sulfone groups is 1. The van der Waals surface area contributed by atoms with Gasteiger partial charge in [0.2, 0.25) is 0 Å². The molecule has 122 valence electrons. The molecule has 0 N–H and O–H groups in total. The zero-order chi connectivity index (χ0) is 17.2. The Kier molecular flexibility index (Phi) is 4.40. The van der Waals surface area contributed by atoms with E-state index in [-0.39, 0.29) is 0 Å². The molecule has 0 aliphatic rings. The molecule has 0 radical (unpaired) electrons. The monoisotopic (exact) mass is 338 g/mol. The Labute approximate surface area is 142 Å². The summed E-state index contributed by atoms with van der Waals surface area (Å²) in [6.45, 7) is 0. The summed E-state index contributed by atoms with van der Waals surface area (Å²) >= 11 is 0.